The lowest BCUT2D eigenvalue weighted by Crippen LogP contribution is -2.17. The van der Waals surface area contributed by atoms with Crippen molar-refractivity contribution in [1.29, 1.82) is 0 Å². The van der Waals surface area contributed by atoms with E-state index >= 15 is 0 Å². The van der Waals surface area contributed by atoms with Gasteiger partial charge in [-0.25, -0.2) is 10.2 Å². The maximum atomic E-state index is 11.9. The van der Waals surface area contributed by atoms with E-state index < -0.39 is 11.9 Å². The molecule has 0 saturated heterocycles. The highest BCUT2D eigenvalue weighted by molar-refractivity contribution is 6.32. The Balaban J connectivity index is 2.09. The topological polar surface area (TPSA) is 99.1 Å². The van der Waals surface area contributed by atoms with Crippen molar-refractivity contribution in [3.63, 3.8) is 0 Å². The summed E-state index contributed by atoms with van der Waals surface area (Å²) in [6, 6.07) is 6.41. The molecule has 9 heteroatoms. The molecule has 2 rings (SSSR count). The smallest absolute Gasteiger partial charge is 0.343 e. The van der Waals surface area contributed by atoms with Crippen LogP contribution in [0.25, 0.3) is 0 Å². The van der Waals surface area contributed by atoms with Crippen molar-refractivity contribution in [3.05, 3.63) is 52.8 Å². The summed E-state index contributed by atoms with van der Waals surface area (Å²) in [6.45, 7) is -0.304. The number of halogens is 1. The number of rotatable bonds is 7. The Labute approximate surface area is 154 Å². The number of hydrogen-bond acceptors (Lipinski definition) is 7. The Bertz CT molecular complexity index is 812. The molecule has 0 unspecified atom stereocenters. The molecular formula is C17H16ClN3O5. The molecule has 0 fully saturated rings. The van der Waals surface area contributed by atoms with Crippen LogP contribution in [0.3, 0.4) is 0 Å². The summed E-state index contributed by atoms with van der Waals surface area (Å²) in [4.78, 5) is 26.9. The van der Waals surface area contributed by atoms with Gasteiger partial charge in [0.2, 0.25) is 0 Å². The molecule has 1 aromatic heterocycles. The van der Waals surface area contributed by atoms with Crippen LogP contribution in [0.2, 0.25) is 5.02 Å². The molecular weight excluding hydrogens is 362 g/mol. The first-order valence-corrected chi connectivity index (χ1v) is 7.73. The minimum absolute atomic E-state index is 0.205. The van der Waals surface area contributed by atoms with Gasteiger partial charge >= 0.3 is 5.97 Å². The maximum absolute atomic E-state index is 11.9. The number of carbonyl (C=O) groups excluding carboxylic acids is 2. The van der Waals surface area contributed by atoms with Gasteiger partial charge in [0, 0.05) is 12.4 Å². The highest BCUT2D eigenvalue weighted by Crippen LogP contribution is 2.36. The van der Waals surface area contributed by atoms with Crippen LogP contribution in [-0.4, -0.2) is 43.9 Å². The summed E-state index contributed by atoms with van der Waals surface area (Å²) < 4.78 is 15.0. The van der Waals surface area contributed by atoms with Crippen LogP contribution >= 0.6 is 11.6 Å². The molecule has 0 aliphatic heterocycles. The van der Waals surface area contributed by atoms with Gasteiger partial charge in [-0.1, -0.05) is 11.6 Å². The Kier molecular flexibility index (Phi) is 6.92. The van der Waals surface area contributed by atoms with Crippen LogP contribution in [0.1, 0.15) is 15.9 Å². The molecule has 136 valence electrons. The van der Waals surface area contributed by atoms with E-state index in [4.69, 9.17) is 21.1 Å². The number of hydrogen-bond donors (Lipinski definition) is 1. The third-order valence-electron chi connectivity index (χ3n) is 3.12. The lowest BCUT2D eigenvalue weighted by atomic mass is 10.2. The fraction of sp³-hybridized carbons (Fsp3) is 0.176. The molecule has 1 heterocycles. The monoisotopic (exact) mass is 377 g/mol. The Morgan fingerprint density at radius 1 is 1.35 bits per heavy atom. The first-order chi connectivity index (χ1) is 12.5. The van der Waals surface area contributed by atoms with Crippen molar-refractivity contribution in [2.45, 2.75) is 0 Å². The van der Waals surface area contributed by atoms with Gasteiger partial charge in [-0.3, -0.25) is 9.78 Å². The number of ether oxygens (including phenoxy) is 3. The number of carbonyl (C=O) groups is 2. The summed E-state index contributed by atoms with van der Waals surface area (Å²) >= 11 is 6.16. The van der Waals surface area contributed by atoms with Crippen LogP contribution in [0.5, 0.6) is 11.5 Å². The van der Waals surface area contributed by atoms with E-state index in [9.17, 15) is 9.59 Å². The Morgan fingerprint density at radius 3 is 2.81 bits per heavy atom. The molecule has 0 atom stereocenters. The van der Waals surface area contributed by atoms with Gasteiger partial charge in [-0.15, -0.1) is 0 Å². The van der Waals surface area contributed by atoms with Gasteiger partial charge in [-0.2, -0.15) is 5.10 Å². The summed E-state index contributed by atoms with van der Waals surface area (Å²) in [6.07, 6.45) is 4.39. The average Bonchev–Trinajstić information content (AvgIpc) is 2.67. The van der Waals surface area contributed by atoms with Gasteiger partial charge in [0.15, 0.2) is 18.1 Å². The van der Waals surface area contributed by atoms with E-state index in [1.54, 1.807) is 30.5 Å². The number of hydrazone groups is 1. The zero-order valence-electron chi connectivity index (χ0n) is 14.1. The molecule has 0 spiro atoms. The molecule has 2 aromatic rings. The second-order valence-electron chi connectivity index (χ2n) is 4.84. The van der Waals surface area contributed by atoms with Crippen LogP contribution in [0.15, 0.2) is 41.8 Å². The van der Waals surface area contributed by atoms with Crippen LogP contribution < -0.4 is 14.9 Å². The van der Waals surface area contributed by atoms with Gasteiger partial charge in [0.1, 0.15) is 0 Å². The van der Waals surface area contributed by atoms with Gasteiger partial charge < -0.3 is 14.2 Å². The lowest BCUT2D eigenvalue weighted by molar-refractivity contribution is -0.142. The minimum Gasteiger partial charge on any atom is -0.493 e. The number of methoxy groups -OCH3 is 2. The molecule has 0 saturated carbocycles. The molecule has 8 nitrogen and oxygen atoms in total. The van der Waals surface area contributed by atoms with Crippen molar-refractivity contribution in [2.75, 3.05) is 20.8 Å². The van der Waals surface area contributed by atoms with Crippen LogP contribution in [-0.2, 0) is 9.53 Å². The predicted molar refractivity (Wildman–Crippen MR) is 94.8 cm³/mol. The summed E-state index contributed by atoms with van der Waals surface area (Å²) in [5.41, 5.74) is 3.32. The molecule has 0 aliphatic carbocycles. The largest absolute Gasteiger partial charge is 0.493 e. The van der Waals surface area contributed by atoms with E-state index in [1.807, 2.05) is 0 Å². The number of benzene rings is 1. The fourth-order valence-electron chi connectivity index (χ4n) is 1.87. The zero-order chi connectivity index (χ0) is 18.9. The molecule has 1 aromatic carbocycles. The van der Waals surface area contributed by atoms with Gasteiger partial charge in [0.25, 0.3) is 5.91 Å². The molecule has 0 radical (unpaired) electrons. The summed E-state index contributed by atoms with van der Waals surface area (Å²) in [5, 5.41) is 4.09. The average molecular weight is 378 g/mol. The highest BCUT2D eigenvalue weighted by atomic mass is 35.5. The van der Waals surface area contributed by atoms with E-state index in [-0.39, 0.29) is 17.4 Å². The number of nitrogens with zero attached hydrogens (tertiary/aromatic N) is 2. The number of aromatic nitrogens is 1. The first-order valence-electron chi connectivity index (χ1n) is 7.35. The molecule has 0 bridgehead atoms. The predicted octanol–water partition coefficient (Wildman–Crippen LogP) is 2.06. The number of nitrogens with one attached hydrogen (secondary N) is 1. The molecule has 26 heavy (non-hydrogen) atoms. The second-order valence-corrected chi connectivity index (χ2v) is 5.25. The molecule has 1 N–H and O–H groups in total. The van der Waals surface area contributed by atoms with Crippen molar-refractivity contribution in [1.82, 2.24) is 10.4 Å². The highest BCUT2D eigenvalue weighted by Gasteiger charge is 2.13. The standard InChI is InChI=1S/C17H16ClN3O5/c1-24-14-7-11(6-13(18)16(14)26-10-15(22)25-2)8-20-21-17(23)12-4-3-5-19-9-12/h3-9H,10H2,1-2H3,(H,21,23)/b20-8-. The van der Waals surface area contributed by atoms with Crippen molar-refractivity contribution in [3.8, 4) is 11.5 Å². The van der Waals surface area contributed by atoms with Crippen molar-refractivity contribution >= 4 is 29.7 Å². The third kappa shape index (κ3) is 5.18. The van der Waals surface area contributed by atoms with Crippen molar-refractivity contribution in [2.24, 2.45) is 5.10 Å². The Hall–Kier alpha value is -3.13. The second kappa shape index (κ2) is 9.38. The Morgan fingerprint density at radius 2 is 2.15 bits per heavy atom. The normalized spacial score (nSPS) is 10.4. The number of esters is 1. The van der Waals surface area contributed by atoms with Crippen molar-refractivity contribution < 1.29 is 23.8 Å². The fourth-order valence-corrected chi connectivity index (χ4v) is 2.15. The number of pyridine rings is 1. The maximum Gasteiger partial charge on any atom is 0.343 e. The number of amides is 1. The van der Waals surface area contributed by atoms with E-state index in [1.165, 1.54) is 26.6 Å². The van der Waals surface area contributed by atoms with Crippen LogP contribution in [0.4, 0.5) is 0 Å². The zero-order valence-corrected chi connectivity index (χ0v) is 14.8. The minimum atomic E-state index is -0.549. The molecule has 1 amide bonds. The quantitative estimate of drug-likeness (QED) is 0.450. The van der Waals surface area contributed by atoms with Crippen LogP contribution in [0, 0.1) is 0 Å². The lowest BCUT2D eigenvalue weighted by Gasteiger charge is -2.12. The third-order valence-corrected chi connectivity index (χ3v) is 3.40. The van der Waals surface area contributed by atoms with E-state index in [0.29, 0.717) is 16.9 Å². The SMILES string of the molecule is COC(=O)COc1c(Cl)cc(/C=N\NC(=O)c2cccnc2)cc1OC. The van der Waals surface area contributed by atoms with Gasteiger partial charge in [0.05, 0.1) is 31.0 Å². The summed E-state index contributed by atoms with van der Waals surface area (Å²) in [7, 11) is 2.69. The first kappa shape index (κ1) is 19.2. The summed E-state index contributed by atoms with van der Waals surface area (Å²) in [5.74, 6) is -0.435. The van der Waals surface area contributed by atoms with E-state index in [0.717, 1.165) is 0 Å². The van der Waals surface area contributed by atoms with Gasteiger partial charge in [-0.05, 0) is 29.8 Å². The van der Waals surface area contributed by atoms with E-state index in [2.05, 4.69) is 20.2 Å². The molecule has 0 aliphatic rings.